The molecule has 0 aliphatic carbocycles. The van der Waals surface area contributed by atoms with E-state index < -0.39 is 0 Å². The second kappa shape index (κ2) is 7.97. The van der Waals surface area contributed by atoms with Crippen LogP contribution in [-0.2, 0) is 18.1 Å². The Bertz CT molecular complexity index is 976. The molecule has 0 saturated carbocycles. The number of aryl methyl sites for hydroxylation is 1. The maximum atomic E-state index is 11.3. The van der Waals surface area contributed by atoms with Crippen LogP contribution in [0.4, 0.5) is 5.69 Å². The monoisotopic (exact) mass is 386 g/mol. The van der Waals surface area contributed by atoms with Gasteiger partial charge in [-0.25, -0.2) is 0 Å². The molecule has 0 saturated heterocycles. The Labute approximate surface area is 162 Å². The van der Waals surface area contributed by atoms with E-state index in [9.17, 15) is 10.1 Å². The van der Waals surface area contributed by atoms with Crippen molar-refractivity contribution in [1.29, 1.82) is 0 Å². The summed E-state index contributed by atoms with van der Waals surface area (Å²) in [4.78, 5) is 15.4. The zero-order valence-corrected chi connectivity index (χ0v) is 16.0. The van der Waals surface area contributed by atoms with Crippen LogP contribution in [-0.4, -0.2) is 9.91 Å². The number of ether oxygens (including phenoxy) is 1. The summed E-state index contributed by atoms with van der Waals surface area (Å²) < 4.78 is 5.93. The lowest BCUT2D eigenvalue weighted by atomic mass is 10.0. The molecule has 0 aliphatic rings. The van der Waals surface area contributed by atoms with Crippen molar-refractivity contribution >= 4 is 41.8 Å². The maximum Gasteiger partial charge on any atom is 0.273 e. The molecule has 26 heavy (non-hydrogen) atoms. The summed E-state index contributed by atoms with van der Waals surface area (Å²) in [7, 11) is 0. The van der Waals surface area contributed by atoms with Crippen LogP contribution >= 0.6 is 25.3 Å². The summed E-state index contributed by atoms with van der Waals surface area (Å²) in [5, 5.41) is 12.3. The summed E-state index contributed by atoms with van der Waals surface area (Å²) in [6, 6.07) is 12.9. The molecule has 0 N–H and O–H groups in total. The van der Waals surface area contributed by atoms with Gasteiger partial charge in [-0.2, -0.15) is 25.3 Å². The minimum Gasteiger partial charge on any atom is -0.489 e. The van der Waals surface area contributed by atoms with Gasteiger partial charge in [0.05, 0.1) is 10.4 Å². The number of fused-ring (bicyclic) bond motifs is 1. The quantitative estimate of drug-likeness (QED) is 0.360. The number of benzene rings is 2. The topological polar surface area (TPSA) is 65.3 Å². The van der Waals surface area contributed by atoms with Crippen molar-refractivity contribution in [2.24, 2.45) is 0 Å². The normalized spacial score (nSPS) is 10.9. The van der Waals surface area contributed by atoms with Crippen LogP contribution < -0.4 is 4.74 Å². The molecule has 0 spiro atoms. The summed E-state index contributed by atoms with van der Waals surface area (Å²) in [6.07, 6.45) is 0. The highest BCUT2D eigenvalue weighted by Crippen LogP contribution is 2.30. The molecule has 0 bridgehead atoms. The molecule has 3 rings (SSSR count). The predicted octanol–water partition coefficient (Wildman–Crippen LogP) is 4.89. The highest BCUT2D eigenvalue weighted by molar-refractivity contribution is 7.79. The van der Waals surface area contributed by atoms with Crippen LogP contribution in [0, 0.1) is 17.0 Å². The largest absolute Gasteiger partial charge is 0.489 e. The fourth-order valence-electron chi connectivity index (χ4n) is 2.86. The third kappa shape index (κ3) is 3.78. The van der Waals surface area contributed by atoms with Gasteiger partial charge in [0, 0.05) is 39.8 Å². The highest BCUT2D eigenvalue weighted by Gasteiger charge is 2.19. The van der Waals surface area contributed by atoms with E-state index in [-0.39, 0.29) is 23.0 Å². The van der Waals surface area contributed by atoms with Crippen molar-refractivity contribution < 1.29 is 9.66 Å². The van der Waals surface area contributed by atoms with E-state index in [2.05, 4.69) is 30.2 Å². The number of nitrogens with zero attached hydrogens (tertiary/aromatic N) is 2. The maximum absolute atomic E-state index is 11.3. The first-order valence-electron chi connectivity index (χ1n) is 8.03. The fraction of sp³-hybridized carbons (Fsp3) is 0.211. The average molecular weight is 386 g/mol. The van der Waals surface area contributed by atoms with Crippen molar-refractivity contribution in [2.45, 2.75) is 25.0 Å². The Morgan fingerprint density at radius 2 is 1.88 bits per heavy atom. The first-order chi connectivity index (χ1) is 12.5. The van der Waals surface area contributed by atoms with Crippen molar-refractivity contribution in [3.05, 3.63) is 75.0 Å². The van der Waals surface area contributed by atoms with Gasteiger partial charge in [0.25, 0.3) is 5.69 Å². The minimum atomic E-state index is -0.388. The standard InChI is InChI=1S/C19H18N2O3S2/c1-12-2-3-13-8-15(5-6-18(13)20-12)24-9-16-14(10-25)4-7-19(21(22)23)17(16)11-26/h2-8,25-26H,9-11H2,1H3. The minimum absolute atomic E-state index is 0.0577. The van der Waals surface area contributed by atoms with Crippen LogP contribution in [0.25, 0.3) is 10.9 Å². The molecule has 0 amide bonds. The number of nitro groups is 1. The molecule has 0 fully saturated rings. The average Bonchev–Trinajstić information content (AvgIpc) is 2.65. The van der Waals surface area contributed by atoms with Crippen LogP contribution in [0.3, 0.4) is 0 Å². The summed E-state index contributed by atoms with van der Waals surface area (Å²) in [6.45, 7) is 2.17. The number of nitro benzene ring substituents is 1. The van der Waals surface area contributed by atoms with Crippen LogP contribution in [0.15, 0.2) is 42.5 Å². The number of hydrogen-bond donors (Lipinski definition) is 2. The highest BCUT2D eigenvalue weighted by atomic mass is 32.1. The third-order valence-electron chi connectivity index (χ3n) is 4.21. The molecular formula is C19H18N2O3S2. The molecule has 134 valence electrons. The molecule has 0 atom stereocenters. The molecule has 3 aromatic rings. The zero-order chi connectivity index (χ0) is 18.7. The summed E-state index contributed by atoms with van der Waals surface area (Å²) >= 11 is 8.61. The first-order valence-corrected chi connectivity index (χ1v) is 9.30. The SMILES string of the molecule is Cc1ccc2cc(OCc3c(CS)ccc([N+](=O)[O-])c3CS)ccc2n1. The van der Waals surface area contributed by atoms with E-state index in [0.29, 0.717) is 17.1 Å². The lowest BCUT2D eigenvalue weighted by molar-refractivity contribution is -0.385. The molecule has 1 aromatic heterocycles. The lowest BCUT2D eigenvalue weighted by Gasteiger charge is -2.14. The van der Waals surface area contributed by atoms with E-state index in [4.69, 9.17) is 4.74 Å². The van der Waals surface area contributed by atoms with E-state index in [1.54, 1.807) is 6.07 Å². The van der Waals surface area contributed by atoms with E-state index in [0.717, 1.165) is 27.7 Å². The third-order valence-corrected chi connectivity index (χ3v) is 4.87. The number of pyridine rings is 1. The molecule has 2 aromatic carbocycles. The number of hydrogen-bond acceptors (Lipinski definition) is 6. The Hall–Kier alpha value is -2.25. The fourth-order valence-corrected chi connectivity index (χ4v) is 3.50. The second-order valence-electron chi connectivity index (χ2n) is 5.87. The van der Waals surface area contributed by atoms with Gasteiger partial charge in [0.2, 0.25) is 0 Å². The summed E-state index contributed by atoms with van der Waals surface area (Å²) in [5.41, 5.74) is 4.16. The van der Waals surface area contributed by atoms with Gasteiger partial charge in [0.1, 0.15) is 12.4 Å². The van der Waals surface area contributed by atoms with E-state index in [1.807, 2.05) is 37.3 Å². The van der Waals surface area contributed by atoms with Crippen molar-refractivity contribution in [1.82, 2.24) is 4.98 Å². The smallest absolute Gasteiger partial charge is 0.273 e. The second-order valence-corrected chi connectivity index (χ2v) is 6.50. The predicted molar refractivity (Wildman–Crippen MR) is 109 cm³/mol. The Morgan fingerprint density at radius 3 is 2.58 bits per heavy atom. The molecule has 5 nitrogen and oxygen atoms in total. The van der Waals surface area contributed by atoms with Crippen molar-refractivity contribution in [3.63, 3.8) is 0 Å². The van der Waals surface area contributed by atoms with Gasteiger partial charge in [-0.15, -0.1) is 0 Å². The lowest BCUT2D eigenvalue weighted by Crippen LogP contribution is -2.06. The number of thiol groups is 2. The van der Waals surface area contributed by atoms with Gasteiger partial charge < -0.3 is 4.74 Å². The molecule has 0 unspecified atom stereocenters. The molecule has 1 heterocycles. The Kier molecular flexibility index (Phi) is 5.68. The first kappa shape index (κ1) is 18.5. The molecule has 7 heteroatoms. The van der Waals surface area contributed by atoms with Crippen molar-refractivity contribution in [2.75, 3.05) is 0 Å². The summed E-state index contributed by atoms with van der Waals surface area (Å²) in [5.74, 6) is 1.42. The van der Waals surface area contributed by atoms with Crippen molar-refractivity contribution in [3.8, 4) is 5.75 Å². The molecule has 0 radical (unpaired) electrons. The molecule has 0 aliphatic heterocycles. The Morgan fingerprint density at radius 1 is 1.08 bits per heavy atom. The molecular weight excluding hydrogens is 368 g/mol. The zero-order valence-electron chi connectivity index (χ0n) is 14.2. The van der Waals surface area contributed by atoms with Gasteiger partial charge in [-0.05, 0) is 36.8 Å². The van der Waals surface area contributed by atoms with Crippen LogP contribution in [0.2, 0.25) is 0 Å². The van der Waals surface area contributed by atoms with Gasteiger partial charge in [-0.1, -0.05) is 12.1 Å². The Balaban J connectivity index is 1.92. The van der Waals surface area contributed by atoms with Gasteiger partial charge in [0.15, 0.2) is 0 Å². The van der Waals surface area contributed by atoms with Gasteiger partial charge >= 0.3 is 0 Å². The van der Waals surface area contributed by atoms with Gasteiger partial charge in [-0.3, -0.25) is 15.1 Å². The van der Waals surface area contributed by atoms with Crippen LogP contribution in [0.1, 0.15) is 22.4 Å². The van der Waals surface area contributed by atoms with E-state index in [1.165, 1.54) is 6.07 Å². The van der Waals surface area contributed by atoms with Crippen LogP contribution in [0.5, 0.6) is 5.75 Å². The van der Waals surface area contributed by atoms with E-state index >= 15 is 0 Å². The number of rotatable bonds is 6. The number of aromatic nitrogens is 1.